The van der Waals surface area contributed by atoms with Crippen molar-refractivity contribution in [3.63, 3.8) is 0 Å². The second kappa shape index (κ2) is 4.92. The average Bonchev–Trinajstić information content (AvgIpc) is 2.88. The number of aromatic nitrogens is 1. The molecule has 7 heteroatoms. The molecule has 1 aromatic rings. The Balaban J connectivity index is 1.89. The van der Waals surface area contributed by atoms with Crippen molar-refractivity contribution in [1.82, 2.24) is 9.47 Å². The summed E-state index contributed by atoms with van der Waals surface area (Å²) in [6.07, 6.45) is 4.04. The van der Waals surface area contributed by atoms with Crippen LogP contribution in [-0.2, 0) is 11.3 Å². The number of ketones is 1. The van der Waals surface area contributed by atoms with Crippen molar-refractivity contribution in [2.45, 2.75) is 51.1 Å². The second-order valence-corrected chi connectivity index (χ2v) is 6.35. The number of carbonyl (C=O) groups excluding carboxylic acids is 2. The topological polar surface area (TPSA) is 77.8 Å². The zero-order valence-electron chi connectivity index (χ0n) is 13.1. The van der Waals surface area contributed by atoms with E-state index in [0.29, 0.717) is 6.54 Å². The SMILES string of the molecule is COc1c2n(cc(C(C)=O)c1=O)C[C@H]1O[C@@H]3CC[C@@H](C3)N1C2=O. The van der Waals surface area contributed by atoms with E-state index in [-0.39, 0.29) is 47.1 Å². The first-order valence-corrected chi connectivity index (χ1v) is 7.81. The standard InChI is InChI=1S/C16H18N2O5/c1-8(19)11-6-17-7-12-18(9-3-4-10(5-9)23-12)16(21)13(17)15(22-2)14(11)20/h6,9-10,12H,3-5,7H2,1-2H3/t9-,10+,12+/m0/s1. The van der Waals surface area contributed by atoms with Crippen molar-refractivity contribution >= 4 is 11.7 Å². The Kier molecular flexibility index (Phi) is 3.09. The van der Waals surface area contributed by atoms with Gasteiger partial charge in [0.1, 0.15) is 0 Å². The van der Waals surface area contributed by atoms with Crippen LogP contribution in [0, 0.1) is 0 Å². The van der Waals surface area contributed by atoms with Gasteiger partial charge in [-0.1, -0.05) is 0 Å². The average molecular weight is 318 g/mol. The number of carbonyl (C=O) groups is 2. The Hall–Kier alpha value is -2.15. The van der Waals surface area contributed by atoms with E-state index in [0.717, 1.165) is 19.3 Å². The van der Waals surface area contributed by atoms with Crippen LogP contribution >= 0.6 is 0 Å². The summed E-state index contributed by atoms with van der Waals surface area (Å²) in [6.45, 7) is 1.74. The highest BCUT2D eigenvalue weighted by molar-refractivity contribution is 5.99. The zero-order valence-corrected chi connectivity index (χ0v) is 13.1. The minimum absolute atomic E-state index is 0.0330. The molecule has 4 rings (SSSR count). The number of methoxy groups -OCH3 is 1. The smallest absolute Gasteiger partial charge is 0.276 e. The Morgan fingerprint density at radius 1 is 1.35 bits per heavy atom. The molecule has 2 aliphatic heterocycles. The van der Waals surface area contributed by atoms with Crippen LogP contribution in [0.4, 0.5) is 0 Å². The summed E-state index contributed by atoms with van der Waals surface area (Å²) in [4.78, 5) is 38.8. The molecule has 1 saturated carbocycles. The normalized spacial score (nSPS) is 28.3. The number of ether oxygens (including phenoxy) is 2. The Morgan fingerprint density at radius 2 is 2.13 bits per heavy atom. The molecule has 7 nitrogen and oxygen atoms in total. The monoisotopic (exact) mass is 318 g/mol. The van der Waals surface area contributed by atoms with Crippen molar-refractivity contribution in [3.8, 4) is 5.75 Å². The second-order valence-electron chi connectivity index (χ2n) is 6.35. The Morgan fingerprint density at radius 3 is 2.83 bits per heavy atom. The van der Waals surface area contributed by atoms with E-state index in [4.69, 9.17) is 9.47 Å². The lowest BCUT2D eigenvalue weighted by Gasteiger charge is -2.44. The van der Waals surface area contributed by atoms with E-state index in [2.05, 4.69) is 0 Å². The van der Waals surface area contributed by atoms with Crippen LogP contribution in [0.15, 0.2) is 11.0 Å². The summed E-state index contributed by atoms with van der Waals surface area (Å²) < 4.78 is 12.8. The van der Waals surface area contributed by atoms with Gasteiger partial charge in [-0.15, -0.1) is 0 Å². The van der Waals surface area contributed by atoms with Gasteiger partial charge in [0.05, 0.1) is 25.3 Å². The molecule has 0 unspecified atom stereocenters. The summed E-state index contributed by atoms with van der Waals surface area (Å²) in [5, 5.41) is 0. The predicted molar refractivity (Wildman–Crippen MR) is 79.7 cm³/mol. The van der Waals surface area contributed by atoms with Gasteiger partial charge in [0, 0.05) is 12.2 Å². The number of amides is 1. The summed E-state index contributed by atoms with van der Waals surface area (Å²) >= 11 is 0. The minimum atomic E-state index is -0.528. The molecule has 1 aromatic heterocycles. The maximum absolute atomic E-state index is 13.0. The third-order valence-corrected chi connectivity index (χ3v) is 5.02. The highest BCUT2D eigenvalue weighted by Gasteiger charge is 2.47. The lowest BCUT2D eigenvalue weighted by molar-refractivity contribution is -0.132. The van der Waals surface area contributed by atoms with Gasteiger partial charge in [-0.2, -0.15) is 0 Å². The summed E-state index contributed by atoms with van der Waals surface area (Å²) in [5.41, 5.74) is -0.279. The quantitative estimate of drug-likeness (QED) is 0.754. The number of hydrogen-bond acceptors (Lipinski definition) is 5. The number of fused-ring (bicyclic) bond motifs is 5. The molecular weight excluding hydrogens is 300 g/mol. The van der Waals surface area contributed by atoms with Gasteiger partial charge in [0.2, 0.25) is 5.43 Å². The number of hydrogen-bond donors (Lipinski definition) is 0. The molecule has 1 saturated heterocycles. The predicted octanol–water partition coefficient (Wildman–Crippen LogP) is 0.793. The summed E-state index contributed by atoms with van der Waals surface area (Å²) in [6, 6.07) is 0.160. The van der Waals surface area contributed by atoms with Gasteiger partial charge < -0.3 is 18.9 Å². The van der Waals surface area contributed by atoms with Crippen molar-refractivity contribution in [2.75, 3.05) is 7.11 Å². The Bertz CT molecular complexity index is 768. The van der Waals surface area contributed by atoms with Crippen molar-refractivity contribution < 1.29 is 19.1 Å². The fourth-order valence-corrected chi connectivity index (χ4v) is 3.98. The highest BCUT2D eigenvalue weighted by atomic mass is 16.5. The van der Waals surface area contributed by atoms with Crippen LogP contribution in [0.25, 0.3) is 0 Å². The van der Waals surface area contributed by atoms with Crippen LogP contribution in [0.2, 0.25) is 0 Å². The molecule has 0 radical (unpaired) electrons. The van der Waals surface area contributed by atoms with E-state index in [1.807, 2.05) is 0 Å². The van der Waals surface area contributed by atoms with Gasteiger partial charge in [0.15, 0.2) is 23.5 Å². The molecule has 2 bridgehead atoms. The zero-order chi connectivity index (χ0) is 16.3. The van der Waals surface area contributed by atoms with E-state index in [1.54, 1.807) is 9.47 Å². The van der Waals surface area contributed by atoms with E-state index >= 15 is 0 Å². The van der Waals surface area contributed by atoms with Gasteiger partial charge in [-0.05, 0) is 26.2 Å². The molecule has 0 spiro atoms. The molecule has 122 valence electrons. The molecule has 1 aliphatic carbocycles. The molecule has 3 aliphatic rings. The fourth-order valence-electron chi connectivity index (χ4n) is 3.98. The van der Waals surface area contributed by atoms with E-state index in [9.17, 15) is 14.4 Å². The Labute approximate surface area is 132 Å². The highest BCUT2D eigenvalue weighted by Crippen LogP contribution is 2.38. The van der Waals surface area contributed by atoms with Gasteiger partial charge in [-0.3, -0.25) is 14.4 Å². The van der Waals surface area contributed by atoms with Crippen molar-refractivity contribution in [2.24, 2.45) is 0 Å². The van der Waals surface area contributed by atoms with Crippen LogP contribution in [0.1, 0.15) is 47.0 Å². The maximum Gasteiger partial charge on any atom is 0.276 e. The van der Waals surface area contributed by atoms with E-state index in [1.165, 1.54) is 20.2 Å². The van der Waals surface area contributed by atoms with E-state index < -0.39 is 5.43 Å². The van der Waals surface area contributed by atoms with Crippen molar-refractivity contribution in [3.05, 3.63) is 27.7 Å². The van der Waals surface area contributed by atoms with Crippen LogP contribution in [0.3, 0.4) is 0 Å². The first kappa shape index (κ1) is 14.4. The third-order valence-electron chi connectivity index (χ3n) is 5.02. The minimum Gasteiger partial charge on any atom is -0.491 e. The molecule has 2 fully saturated rings. The molecular formula is C16H18N2O5. The van der Waals surface area contributed by atoms with Crippen molar-refractivity contribution in [1.29, 1.82) is 0 Å². The van der Waals surface area contributed by atoms with Gasteiger partial charge in [0.25, 0.3) is 5.91 Å². The van der Waals surface area contributed by atoms with Crippen LogP contribution in [-0.4, -0.2) is 46.6 Å². The molecule has 3 heterocycles. The first-order valence-electron chi connectivity index (χ1n) is 7.81. The number of pyridine rings is 1. The number of rotatable bonds is 2. The lowest BCUT2D eigenvalue weighted by atomic mass is 10.1. The molecule has 0 N–H and O–H groups in total. The van der Waals surface area contributed by atoms with Crippen LogP contribution in [0.5, 0.6) is 5.75 Å². The van der Waals surface area contributed by atoms with Crippen LogP contribution < -0.4 is 10.2 Å². The largest absolute Gasteiger partial charge is 0.491 e. The molecule has 3 atom stereocenters. The summed E-state index contributed by atoms with van der Waals surface area (Å²) in [5.74, 6) is -0.653. The fraction of sp³-hybridized carbons (Fsp3) is 0.562. The van der Waals surface area contributed by atoms with Gasteiger partial charge in [-0.25, -0.2) is 0 Å². The van der Waals surface area contributed by atoms with Gasteiger partial charge >= 0.3 is 0 Å². The number of nitrogens with zero attached hydrogens (tertiary/aromatic N) is 2. The number of Topliss-reactive ketones (excluding diaryl/α,β-unsaturated/α-hetero) is 1. The molecule has 0 aromatic carbocycles. The third kappa shape index (κ3) is 1.96. The summed E-state index contributed by atoms with van der Waals surface area (Å²) in [7, 11) is 1.35. The first-order chi connectivity index (χ1) is 11.0. The molecule has 23 heavy (non-hydrogen) atoms. The lowest BCUT2D eigenvalue weighted by Crippen LogP contribution is -2.57. The maximum atomic E-state index is 13.0. The molecule has 1 amide bonds.